The number of ether oxygens (including phenoxy) is 2. The molecule has 1 aromatic heterocycles. The summed E-state index contributed by atoms with van der Waals surface area (Å²) >= 11 is 0. The topological polar surface area (TPSA) is 155 Å². The minimum absolute atomic E-state index is 0.0848. The molecule has 1 aliphatic rings. The van der Waals surface area contributed by atoms with Gasteiger partial charge in [-0.2, -0.15) is 5.09 Å². The zero-order chi connectivity index (χ0) is 25.8. The molecule has 0 amide bonds. The second-order valence-corrected chi connectivity index (χ2v) is 9.47. The lowest BCUT2D eigenvalue weighted by atomic mass is 10.1. The van der Waals surface area contributed by atoms with Gasteiger partial charge in [-0.15, -0.1) is 0 Å². The molecule has 1 unspecified atom stereocenters. The fourth-order valence-electron chi connectivity index (χ4n) is 3.16. The van der Waals surface area contributed by atoms with Gasteiger partial charge in [0.2, 0.25) is 0 Å². The lowest BCUT2D eigenvalue weighted by molar-refractivity contribution is -0.142. The van der Waals surface area contributed by atoms with E-state index in [0.717, 1.165) is 0 Å². The SMILES string of the molecule is COC(=O)[C@H](C)NP(=O)(OC[C@@H]1C=C[C@H](n2cc(C)c(=O)[nH]c2=O)O1)Oc1cccc(C(C)=O)c1. The molecule has 2 N–H and O–H groups in total. The van der Waals surface area contributed by atoms with Crippen LogP contribution in [-0.4, -0.2) is 47.2 Å². The van der Waals surface area contributed by atoms with Gasteiger partial charge in [-0.05, 0) is 39.0 Å². The van der Waals surface area contributed by atoms with Crippen LogP contribution in [0.1, 0.15) is 36.0 Å². The molecule has 2 aromatic rings. The van der Waals surface area contributed by atoms with Crippen molar-refractivity contribution >= 4 is 19.5 Å². The second kappa shape index (κ2) is 11.0. The van der Waals surface area contributed by atoms with Gasteiger partial charge in [0.05, 0.1) is 13.7 Å². The highest BCUT2D eigenvalue weighted by atomic mass is 31.2. The minimum Gasteiger partial charge on any atom is -0.468 e. The van der Waals surface area contributed by atoms with E-state index in [1.165, 1.54) is 43.9 Å². The number of nitrogens with one attached hydrogen (secondary N) is 2. The first-order valence-electron chi connectivity index (χ1n) is 10.6. The molecule has 2 heterocycles. The van der Waals surface area contributed by atoms with Gasteiger partial charge in [0, 0.05) is 17.3 Å². The Kier molecular flexibility index (Phi) is 8.23. The van der Waals surface area contributed by atoms with Crippen molar-refractivity contribution in [2.75, 3.05) is 13.7 Å². The zero-order valence-electron chi connectivity index (χ0n) is 19.5. The first-order chi connectivity index (χ1) is 16.5. The number of H-pyrrole nitrogens is 1. The third kappa shape index (κ3) is 6.64. The van der Waals surface area contributed by atoms with Crippen molar-refractivity contribution < 1.29 is 32.7 Å². The van der Waals surface area contributed by atoms with E-state index in [1.807, 2.05) is 0 Å². The minimum atomic E-state index is -4.17. The van der Waals surface area contributed by atoms with Crippen LogP contribution in [0.2, 0.25) is 0 Å². The Labute approximate surface area is 200 Å². The molecular weight excluding hydrogens is 481 g/mol. The lowest BCUT2D eigenvalue weighted by Gasteiger charge is -2.24. The molecule has 1 aliphatic heterocycles. The third-order valence-electron chi connectivity index (χ3n) is 5.01. The molecule has 0 aliphatic carbocycles. The number of benzene rings is 1. The number of carbonyl (C=O) groups excluding carboxylic acids is 2. The molecule has 1 aromatic carbocycles. The fourth-order valence-corrected chi connectivity index (χ4v) is 4.65. The number of methoxy groups -OCH3 is 1. The Morgan fingerprint density at radius 2 is 2.03 bits per heavy atom. The number of aryl methyl sites for hydroxylation is 1. The Morgan fingerprint density at radius 1 is 1.29 bits per heavy atom. The van der Waals surface area contributed by atoms with E-state index >= 15 is 0 Å². The van der Waals surface area contributed by atoms with Gasteiger partial charge in [0.1, 0.15) is 17.9 Å². The average Bonchev–Trinajstić information content (AvgIpc) is 3.28. The first kappa shape index (κ1) is 26.3. The first-order valence-corrected chi connectivity index (χ1v) is 12.1. The van der Waals surface area contributed by atoms with E-state index in [4.69, 9.17) is 13.8 Å². The molecule has 35 heavy (non-hydrogen) atoms. The number of nitrogens with zero attached hydrogens (tertiary/aromatic N) is 1. The maximum atomic E-state index is 13.5. The summed E-state index contributed by atoms with van der Waals surface area (Å²) < 4.78 is 36.2. The predicted octanol–water partition coefficient (Wildman–Crippen LogP) is 1.86. The molecule has 188 valence electrons. The van der Waals surface area contributed by atoms with Crippen LogP contribution in [0.3, 0.4) is 0 Å². The van der Waals surface area contributed by atoms with E-state index in [0.29, 0.717) is 11.1 Å². The lowest BCUT2D eigenvalue weighted by Crippen LogP contribution is -2.35. The van der Waals surface area contributed by atoms with E-state index in [1.54, 1.807) is 31.2 Å². The van der Waals surface area contributed by atoms with Gasteiger partial charge < -0.3 is 14.0 Å². The number of hydrogen-bond acceptors (Lipinski definition) is 9. The van der Waals surface area contributed by atoms with Crippen LogP contribution in [-0.2, 0) is 23.4 Å². The summed E-state index contributed by atoms with van der Waals surface area (Å²) in [5.41, 5.74) is -0.481. The number of aromatic amines is 1. The van der Waals surface area contributed by atoms with Gasteiger partial charge in [-0.1, -0.05) is 18.2 Å². The molecule has 0 bridgehead atoms. The van der Waals surface area contributed by atoms with Crippen LogP contribution >= 0.6 is 7.75 Å². The van der Waals surface area contributed by atoms with Gasteiger partial charge in [-0.3, -0.25) is 28.5 Å². The largest absolute Gasteiger partial charge is 0.468 e. The maximum Gasteiger partial charge on any atom is 0.459 e. The number of aromatic nitrogens is 2. The van der Waals surface area contributed by atoms with Crippen LogP contribution in [0.15, 0.2) is 52.2 Å². The molecule has 13 heteroatoms. The van der Waals surface area contributed by atoms with Crippen LogP contribution in [0.4, 0.5) is 0 Å². The summed E-state index contributed by atoms with van der Waals surface area (Å²) in [5, 5.41) is 2.51. The number of carbonyl (C=O) groups is 2. The molecule has 4 atom stereocenters. The zero-order valence-corrected chi connectivity index (χ0v) is 20.4. The van der Waals surface area contributed by atoms with Gasteiger partial charge in [-0.25, -0.2) is 9.36 Å². The Morgan fingerprint density at radius 3 is 2.71 bits per heavy atom. The average molecular weight is 507 g/mol. The summed E-state index contributed by atoms with van der Waals surface area (Å²) in [7, 11) is -2.99. The number of Topliss-reactive ketones (excluding diaryl/α,β-unsaturated/α-hetero) is 1. The summed E-state index contributed by atoms with van der Waals surface area (Å²) in [6.07, 6.45) is 3.01. The molecule has 3 rings (SSSR count). The summed E-state index contributed by atoms with van der Waals surface area (Å²) in [5.74, 6) is -0.827. The Balaban J connectivity index is 1.74. The molecule has 12 nitrogen and oxygen atoms in total. The molecule has 0 radical (unpaired) electrons. The predicted molar refractivity (Wildman–Crippen MR) is 124 cm³/mol. The van der Waals surface area contributed by atoms with Crippen molar-refractivity contribution in [3.8, 4) is 5.75 Å². The second-order valence-electron chi connectivity index (χ2n) is 7.77. The van der Waals surface area contributed by atoms with E-state index in [9.17, 15) is 23.7 Å². The van der Waals surface area contributed by atoms with E-state index in [-0.39, 0.29) is 18.1 Å². The molecular formula is C22H26N3O9P. The normalized spacial score (nSPS) is 19.7. The van der Waals surface area contributed by atoms with Crippen molar-refractivity contribution in [2.24, 2.45) is 0 Å². The summed E-state index contributed by atoms with van der Waals surface area (Å²) in [6.45, 7) is 4.08. The van der Waals surface area contributed by atoms with Crippen LogP contribution in [0.25, 0.3) is 0 Å². The number of ketones is 1. The highest BCUT2D eigenvalue weighted by Crippen LogP contribution is 2.45. The van der Waals surface area contributed by atoms with Gasteiger partial charge >= 0.3 is 19.4 Å². The van der Waals surface area contributed by atoms with Crippen LogP contribution in [0.5, 0.6) is 5.75 Å². The van der Waals surface area contributed by atoms with Gasteiger partial charge in [0.25, 0.3) is 5.56 Å². The summed E-state index contributed by atoms with van der Waals surface area (Å²) in [4.78, 5) is 49.5. The van der Waals surface area contributed by atoms with E-state index in [2.05, 4.69) is 14.8 Å². The Hall–Kier alpha value is -3.31. The quantitative estimate of drug-likeness (QED) is 0.211. The maximum absolute atomic E-state index is 13.5. The number of esters is 1. The van der Waals surface area contributed by atoms with Crippen molar-refractivity contribution in [1.82, 2.24) is 14.6 Å². The van der Waals surface area contributed by atoms with Crippen LogP contribution < -0.4 is 20.9 Å². The standard InChI is InChI=1S/C22H26N3O9P/c1-13-11-25(22(29)23-20(13)27)19-9-8-18(33-19)12-32-35(30,24-14(2)21(28)31-4)34-17-7-5-6-16(10-17)15(3)26/h5-11,14,18-19H,12H2,1-4H3,(H,24,30)(H,23,27,29)/t14-,18-,19+,35?/m0/s1. The Bertz CT molecular complexity index is 1300. The molecule has 0 spiro atoms. The van der Waals surface area contributed by atoms with Crippen molar-refractivity contribution in [2.45, 2.75) is 39.1 Å². The van der Waals surface area contributed by atoms with Crippen molar-refractivity contribution in [3.63, 3.8) is 0 Å². The van der Waals surface area contributed by atoms with Crippen LogP contribution in [0, 0.1) is 6.92 Å². The third-order valence-corrected chi connectivity index (χ3v) is 6.65. The molecule has 0 saturated carbocycles. The van der Waals surface area contributed by atoms with Crippen molar-refractivity contribution in [1.29, 1.82) is 0 Å². The summed E-state index contributed by atoms with van der Waals surface area (Å²) in [6, 6.07) is 4.97. The van der Waals surface area contributed by atoms with Gasteiger partial charge in [0.15, 0.2) is 12.0 Å². The van der Waals surface area contributed by atoms with E-state index < -0.39 is 43.3 Å². The highest BCUT2D eigenvalue weighted by molar-refractivity contribution is 7.52. The fraction of sp³-hybridized carbons (Fsp3) is 0.364. The molecule has 0 saturated heterocycles. The molecule has 0 fully saturated rings. The number of rotatable bonds is 10. The van der Waals surface area contributed by atoms with Crippen molar-refractivity contribution in [3.05, 3.63) is 74.6 Å². The number of hydrogen-bond donors (Lipinski definition) is 2. The highest BCUT2D eigenvalue weighted by Gasteiger charge is 2.34. The monoisotopic (exact) mass is 507 g/mol. The smallest absolute Gasteiger partial charge is 0.459 e.